The molecule has 1 aromatic carbocycles. The fourth-order valence-electron chi connectivity index (χ4n) is 2.95. The molecule has 0 spiro atoms. The summed E-state index contributed by atoms with van der Waals surface area (Å²) in [5.41, 5.74) is 4.32. The van der Waals surface area contributed by atoms with Crippen LogP contribution in [0.15, 0.2) is 35.7 Å². The van der Waals surface area contributed by atoms with E-state index in [1.54, 1.807) is 23.5 Å². The number of hydrogen-bond acceptors (Lipinski definition) is 6. The summed E-state index contributed by atoms with van der Waals surface area (Å²) in [5, 5.41) is 12.9. The van der Waals surface area contributed by atoms with Gasteiger partial charge in [0.1, 0.15) is 6.04 Å². The van der Waals surface area contributed by atoms with Crippen LogP contribution in [-0.2, 0) is 22.6 Å². The number of nitrogens with zero attached hydrogens (tertiary/aromatic N) is 2. The van der Waals surface area contributed by atoms with E-state index >= 15 is 0 Å². The number of fused-ring (bicyclic) bond motifs is 1. The molecule has 24 heavy (non-hydrogen) atoms. The lowest BCUT2D eigenvalue weighted by molar-refractivity contribution is -0.384. The molecule has 1 unspecified atom stereocenters. The van der Waals surface area contributed by atoms with Crippen LogP contribution in [-0.4, -0.2) is 29.4 Å². The van der Waals surface area contributed by atoms with Crippen molar-refractivity contribution < 1.29 is 14.6 Å². The van der Waals surface area contributed by atoms with Gasteiger partial charge in [0.2, 0.25) is 0 Å². The Kier molecular flexibility index (Phi) is 4.89. The summed E-state index contributed by atoms with van der Waals surface area (Å²) in [6, 6.07) is 7.61. The molecule has 1 atom stereocenters. The van der Waals surface area contributed by atoms with E-state index in [4.69, 9.17) is 4.84 Å². The molecular formula is C16H17N3O4S. The van der Waals surface area contributed by atoms with E-state index in [-0.39, 0.29) is 11.6 Å². The Labute approximate surface area is 143 Å². The van der Waals surface area contributed by atoms with Crippen LogP contribution in [0.1, 0.15) is 22.0 Å². The summed E-state index contributed by atoms with van der Waals surface area (Å²) in [6.45, 7) is 1.41. The van der Waals surface area contributed by atoms with Gasteiger partial charge < -0.3 is 0 Å². The van der Waals surface area contributed by atoms with Gasteiger partial charge >= 0.3 is 0 Å². The Morgan fingerprint density at radius 3 is 2.79 bits per heavy atom. The van der Waals surface area contributed by atoms with E-state index in [1.165, 1.54) is 29.7 Å². The van der Waals surface area contributed by atoms with Crippen LogP contribution in [0.3, 0.4) is 0 Å². The SMILES string of the molecule is CONC(=O)C(c1ccc([N+](=O)[O-])cc1)N1CCc2sccc2C1. The number of rotatable bonds is 5. The average molecular weight is 347 g/mol. The highest BCUT2D eigenvalue weighted by atomic mass is 32.1. The highest BCUT2D eigenvalue weighted by Crippen LogP contribution is 2.31. The molecule has 0 saturated heterocycles. The molecule has 7 nitrogen and oxygen atoms in total. The largest absolute Gasteiger partial charge is 0.284 e. The number of nitrogens with one attached hydrogen (secondary N) is 1. The summed E-state index contributed by atoms with van der Waals surface area (Å²) >= 11 is 1.73. The predicted octanol–water partition coefficient (Wildman–Crippen LogP) is 2.43. The van der Waals surface area contributed by atoms with Gasteiger partial charge in [-0.05, 0) is 29.0 Å². The van der Waals surface area contributed by atoms with Gasteiger partial charge in [0.25, 0.3) is 11.6 Å². The van der Waals surface area contributed by atoms with E-state index in [0.717, 1.165) is 13.0 Å². The lowest BCUT2D eigenvalue weighted by Crippen LogP contribution is -2.42. The van der Waals surface area contributed by atoms with Gasteiger partial charge in [-0.3, -0.25) is 24.6 Å². The standard InChI is InChI=1S/C16H17N3O4S/c1-23-17-16(20)15(11-2-4-13(5-3-11)19(21)22)18-8-6-14-12(10-18)7-9-24-14/h2-5,7,9,15H,6,8,10H2,1H3,(H,17,20). The molecule has 8 heteroatoms. The molecule has 1 aliphatic rings. The van der Waals surface area contributed by atoms with Crippen molar-refractivity contribution in [1.82, 2.24) is 10.4 Å². The minimum atomic E-state index is -0.557. The third-order valence-electron chi connectivity index (χ3n) is 4.07. The third-order valence-corrected chi connectivity index (χ3v) is 5.10. The summed E-state index contributed by atoms with van der Waals surface area (Å²) in [7, 11) is 1.39. The molecule has 1 amide bonds. The maximum atomic E-state index is 12.5. The number of amides is 1. The normalized spacial score (nSPS) is 15.5. The Balaban J connectivity index is 1.89. The Hall–Kier alpha value is -2.29. The number of carbonyl (C=O) groups is 1. The molecular weight excluding hydrogens is 330 g/mol. The first-order valence-electron chi connectivity index (χ1n) is 7.46. The Morgan fingerprint density at radius 2 is 2.12 bits per heavy atom. The van der Waals surface area contributed by atoms with Gasteiger partial charge in [0.15, 0.2) is 0 Å². The smallest absolute Gasteiger partial charge is 0.269 e. The van der Waals surface area contributed by atoms with E-state index in [2.05, 4.69) is 21.8 Å². The van der Waals surface area contributed by atoms with E-state index < -0.39 is 11.0 Å². The van der Waals surface area contributed by atoms with Crippen LogP contribution in [0.4, 0.5) is 5.69 Å². The van der Waals surface area contributed by atoms with Crippen molar-refractivity contribution in [2.75, 3.05) is 13.7 Å². The molecule has 126 valence electrons. The zero-order valence-corrected chi connectivity index (χ0v) is 13.9. The molecule has 2 aromatic rings. The van der Waals surface area contributed by atoms with E-state index in [9.17, 15) is 14.9 Å². The summed E-state index contributed by atoms with van der Waals surface area (Å²) in [6.07, 6.45) is 0.886. The zero-order chi connectivity index (χ0) is 17.1. The number of benzene rings is 1. The lowest BCUT2D eigenvalue weighted by atomic mass is 10.0. The van der Waals surface area contributed by atoms with Crippen molar-refractivity contribution in [2.45, 2.75) is 19.0 Å². The lowest BCUT2D eigenvalue weighted by Gasteiger charge is -2.33. The van der Waals surface area contributed by atoms with Gasteiger partial charge in [-0.25, -0.2) is 5.48 Å². The first-order chi connectivity index (χ1) is 11.6. The van der Waals surface area contributed by atoms with Gasteiger partial charge in [-0.2, -0.15) is 0 Å². The van der Waals surface area contributed by atoms with Crippen molar-refractivity contribution in [2.24, 2.45) is 0 Å². The van der Waals surface area contributed by atoms with Crippen LogP contribution in [0, 0.1) is 10.1 Å². The average Bonchev–Trinajstić information content (AvgIpc) is 3.03. The number of non-ortho nitro benzene ring substituents is 1. The summed E-state index contributed by atoms with van der Waals surface area (Å²) in [5.74, 6) is -0.287. The second-order valence-corrected chi connectivity index (χ2v) is 6.51. The molecule has 0 radical (unpaired) electrons. The quantitative estimate of drug-likeness (QED) is 0.663. The predicted molar refractivity (Wildman–Crippen MR) is 89.4 cm³/mol. The highest BCUT2D eigenvalue weighted by molar-refractivity contribution is 7.10. The van der Waals surface area contributed by atoms with Crippen LogP contribution < -0.4 is 5.48 Å². The molecule has 0 fully saturated rings. The fraction of sp³-hybridized carbons (Fsp3) is 0.312. The molecule has 2 heterocycles. The maximum absolute atomic E-state index is 12.5. The molecule has 1 N–H and O–H groups in total. The van der Waals surface area contributed by atoms with E-state index in [0.29, 0.717) is 12.1 Å². The maximum Gasteiger partial charge on any atom is 0.269 e. The number of nitro benzene ring substituents is 1. The molecule has 1 aliphatic heterocycles. The van der Waals surface area contributed by atoms with E-state index in [1.807, 2.05) is 0 Å². The number of carbonyl (C=O) groups excluding carboxylic acids is 1. The Morgan fingerprint density at radius 1 is 1.38 bits per heavy atom. The van der Waals surface area contributed by atoms with Crippen molar-refractivity contribution in [1.29, 1.82) is 0 Å². The third kappa shape index (κ3) is 3.30. The van der Waals surface area contributed by atoms with Gasteiger partial charge in [-0.15, -0.1) is 11.3 Å². The first-order valence-corrected chi connectivity index (χ1v) is 8.34. The number of hydrogen-bond donors (Lipinski definition) is 1. The number of hydroxylamine groups is 1. The van der Waals surface area contributed by atoms with Crippen LogP contribution in [0.2, 0.25) is 0 Å². The molecule has 0 aliphatic carbocycles. The Bertz CT molecular complexity index is 744. The number of thiophene rings is 1. The van der Waals surface area contributed by atoms with Gasteiger partial charge in [0.05, 0.1) is 12.0 Å². The minimum Gasteiger partial charge on any atom is -0.284 e. The van der Waals surface area contributed by atoms with Crippen molar-refractivity contribution in [3.05, 3.63) is 61.8 Å². The molecule has 0 bridgehead atoms. The topological polar surface area (TPSA) is 84.7 Å². The van der Waals surface area contributed by atoms with Crippen LogP contribution >= 0.6 is 11.3 Å². The van der Waals surface area contributed by atoms with Crippen molar-refractivity contribution in [3.63, 3.8) is 0 Å². The van der Waals surface area contributed by atoms with Crippen molar-refractivity contribution >= 4 is 22.9 Å². The number of nitro groups is 1. The monoisotopic (exact) mass is 347 g/mol. The van der Waals surface area contributed by atoms with Gasteiger partial charge in [0, 0.05) is 30.1 Å². The fourth-order valence-corrected chi connectivity index (χ4v) is 3.84. The molecule has 1 aromatic heterocycles. The van der Waals surface area contributed by atoms with Crippen molar-refractivity contribution in [3.8, 4) is 0 Å². The first kappa shape index (κ1) is 16.6. The van der Waals surface area contributed by atoms with Crippen LogP contribution in [0.25, 0.3) is 0 Å². The second-order valence-electron chi connectivity index (χ2n) is 5.51. The summed E-state index contributed by atoms with van der Waals surface area (Å²) in [4.78, 5) is 31.1. The summed E-state index contributed by atoms with van der Waals surface area (Å²) < 4.78 is 0. The minimum absolute atomic E-state index is 0.00316. The van der Waals surface area contributed by atoms with Crippen LogP contribution in [0.5, 0.6) is 0 Å². The second kappa shape index (κ2) is 7.08. The molecule has 0 saturated carbocycles. The molecule has 3 rings (SSSR count). The highest BCUT2D eigenvalue weighted by Gasteiger charge is 2.31. The zero-order valence-electron chi connectivity index (χ0n) is 13.1. The van der Waals surface area contributed by atoms with Gasteiger partial charge in [-0.1, -0.05) is 12.1 Å².